The molecule has 100 valence electrons. The molecule has 0 saturated carbocycles. The van der Waals surface area contributed by atoms with Crippen LogP contribution in [0.1, 0.15) is 5.56 Å². The predicted octanol–water partition coefficient (Wildman–Crippen LogP) is 1.71. The maximum absolute atomic E-state index is 13.8. The molecule has 4 nitrogen and oxygen atoms in total. The summed E-state index contributed by atoms with van der Waals surface area (Å²) >= 11 is 0. The monoisotopic (exact) mass is 262 g/mol. The molecule has 1 aromatic heterocycles. The molecule has 1 aliphatic heterocycles. The minimum atomic E-state index is -0.288. The molecular formula is C14H15FN2O2. The fourth-order valence-corrected chi connectivity index (χ4v) is 2.43. The van der Waals surface area contributed by atoms with E-state index in [-0.39, 0.29) is 18.1 Å². The molecule has 1 N–H and O–H groups in total. The van der Waals surface area contributed by atoms with Gasteiger partial charge in [0.25, 0.3) is 0 Å². The fourth-order valence-electron chi connectivity index (χ4n) is 2.43. The summed E-state index contributed by atoms with van der Waals surface area (Å²) in [6.07, 6.45) is 1.94. The lowest BCUT2D eigenvalue weighted by Crippen LogP contribution is -2.41. The van der Waals surface area contributed by atoms with Gasteiger partial charge in [0.1, 0.15) is 5.82 Å². The van der Waals surface area contributed by atoms with Crippen molar-refractivity contribution >= 4 is 16.8 Å². The Balaban J connectivity index is 1.83. The quantitative estimate of drug-likeness (QED) is 0.895. The highest BCUT2D eigenvalue weighted by Gasteiger charge is 2.19. The number of ether oxygens (including phenoxy) is 1. The molecular weight excluding hydrogens is 247 g/mol. The topological polar surface area (TPSA) is 45.3 Å². The highest BCUT2D eigenvalue weighted by molar-refractivity contribution is 5.89. The number of hydrogen-bond donors (Lipinski definition) is 1. The van der Waals surface area contributed by atoms with Crippen molar-refractivity contribution in [1.82, 2.24) is 9.88 Å². The maximum atomic E-state index is 13.8. The van der Waals surface area contributed by atoms with Crippen molar-refractivity contribution in [1.29, 1.82) is 0 Å². The largest absolute Gasteiger partial charge is 0.378 e. The highest BCUT2D eigenvalue weighted by Crippen LogP contribution is 2.22. The molecule has 0 atom stereocenters. The van der Waals surface area contributed by atoms with E-state index in [1.54, 1.807) is 23.2 Å². The SMILES string of the molecule is O=C(Cc1c[nH]c2cccc(F)c12)N1CCOCC1. The molecule has 0 aliphatic carbocycles. The van der Waals surface area contributed by atoms with Gasteiger partial charge >= 0.3 is 0 Å². The van der Waals surface area contributed by atoms with Crippen LogP contribution in [0.15, 0.2) is 24.4 Å². The first-order chi connectivity index (χ1) is 9.25. The summed E-state index contributed by atoms with van der Waals surface area (Å²) in [7, 11) is 0. The molecule has 5 heteroatoms. The van der Waals surface area contributed by atoms with Crippen molar-refractivity contribution in [3.05, 3.63) is 35.8 Å². The van der Waals surface area contributed by atoms with Gasteiger partial charge in [-0.1, -0.05) is 6.07 Å². The average Bonchev–Trinajstić information content (AvgIpc) is 2.84. The van der Waals surface area contributed by atoms with Gasteiger partial charge in [0.15, 0.2) is 0 Å². The van der Waals surface area contributed by atoms with Crippen molar-refractivity contribution in [3.8, 4) is 0 Å². The lowest BCUT2D eigenvalue weighted by molar-refractivity contribution is -0.134. The number of rotatable bonds is 2. The van der Waals surface area contributed by atoms with Gasteiger partial charge in [-0.2, -0.15) is 0 Å². The molecule has 0 unspecified atom stereocenters. The predicted molar refractivity (Wildman–Crippen MR) is 69.4 cm³/mol. The van der Waals surface area contributed by atoms with Crippen LogP contribution in [0.5, 0.6) is 0 Å². The molecule has 0 radical (unpaired) electrons. The van der Waals surface area contributed by atoms with Crippen LogP contribution in [-0.4, -0.2) is 42.1 Å². The number of nitrogens with one attached hydrogen (secondary N) is 1. The summed E-state index contributed by atoms with van der Waals surface area (Å²) in [6.45, 7) is 2.38. The minimum absolute atomic E-state index is 0.0208. The van der Waals surface area contributed by atoms with E-state index in [0.29, 0.717) is 37.3 Å². The lowest BCUT2D eigenvalue weighted by Gasteiger charge is -2.26. The molecule has 1 aromatic carbocycles. The molecule has 19 heavy (non-hydrogen) atoms. The van der Waals surface area contributed by atoms with Crippen LogP contribution < -0.4 is 0 Å². The van der Waals surface area contributed by atoms with E-state index in [1.165, 1.54) is 6.07 Å². The van der Waals surface area contributed by atoms with Gasteiger partial charge in [-0.05, 0) is 17.7 Å². The lowest BCUT2D eigenvalue weighted by atomic mass is 10.1. The van der Waals surface area contributed by atoms with Crippen LogP contribution in [-0.2, 0) is 16.0 Å². The normalized spacial score (nSPS) is 15.9. The van der Waals surface area contributed by atoms with E-state index in [0.717, 1.165) is 5.52 Å². The Morgan fingerprint density at radius 1 is 1.37 bits per heavy atom. The number of nitrogens with zero attached hydrogens (tertiary/aromatic N) is 1. The van der Waals surface area contributed by atoms with Crippen LogP contribution in [0.4, 0.5) is 4.39 Å². The van der Waals surface area contributed by atoms with E-state index in [9.17, 15) is 9.18 Å². The first kappa shape index (κ1) is 12.2. The second-order valence-electron chi connectivity index (χ2n) is 4.65. The summed E-state index contributed by atoms with van der Waals surface area (Å²) in [6, 6.07) is 4.88. The Bertz CT molecular complexity index is 603. The number of benzene rings is 1. The van der Waals surface area contributed by atoms with Crippen LogP contribution in [0.2, 0.25) is 0 Å². The van der Waals surface area contributed by atoms with Gasteiger partial charge in [0, 0.05) is 30.2 Å². The van der Waals surface area contributed by atoms with Crippen molar-refractivity contribution < 1.29 is 13.9 Å². The Morgan fingerprint density at radius 2 is 2.16 bits per heavy atom. The standard InChI is InChI=1S/C14H15FN2O2/c15-11-2-1-3-12-14(11)10(9-16-12)8-13(18)17-4-6-19-7-5-17/h1-3,9,16H,4-8H2. The number of morpholine rings is 1. The molecule has 1 fully saturated rings. The number of fused-ring (bicyclic) bond motifs is 1. The molecule has 2 heterocycles. The second-order valence-corrected chi connectivity index (χ2v) is 4.65. The molecule has 3 rings (SSSR count). The first-order valence-electron chi connectivity index (χ1n) is 6.35. The summed E-state index contributed by atoms with van der Waals surface area (Å²) in [5.41, 5.74) is 1.44. The number of carbonyl (C=O) groups excluding carboxylic acids is 1. The summed E-state index contributed by atoms with van der Waals surface area (Å²) < 4.78 is 19.0. The van der Waals surface area contributed by atoms with Gasteiger partial charge < -0.3 is 14.6 Å². The van der Waals surface area contributed by atoms with Gasteiger partial charge in [-0.3, -0.25) is 4.79 Å². The molecule has 1 saturated heterocycles. The first-order valence-corrected chi connectivity index (χ1v) is 6.35. The molecule has 2 aromatic rings. The van der Waals surface area contributed by atoms with Crippen LogP contribution in [0.25, 0.3) is 10.9 Å². The van der Waals surface area contributed by atoms with Crippen LogP contribution in [0.3, 0.4) is 0 Å². The van der Waals surface area contributed by atoms with E-state index in [4.69, 9.17) is 4.74 Å². The van der Waals surface area contributed by atoms with E-state index < -0.39 is 0 Å². The number of amides is 1. The van der Waals surface area contributed by atoms with E-state index in [1.807, 2.05) is 0 Å². The summed E-state index contributed by atoms with van der Waals surface area (Å²) in [5.74, 6) is -0.268. The average molecular weight is 262 g/mol. The zero-order valence-corrected chi connectivity index (χ0v) is 10.5. The Morgan fingerprint density at radius 3 is 2.95 bits per heavy atom. The van der Waals surface area contributed by atoms with Gasteiger partial charge in [-0.15, -0.1) is 0 Å². The zero-order chi connectivity index (χ0) is 13.2. The Labute approximate surface area is 110 Å². The number of H-pyrrole nitrogens is 1. The van der Waals surface area contributed by atoms with Crippen LogP contribution in [0, 0.1) is 5.82 Å². The van der Waals surface area contributed by atoms with Crippen molar-refractivity contribution in [3.63, 3.8) is 0 Å². The number of halogens is 1. The smallest absolute Gasteiger partial charge is 0.227 e. The highest BCUT2D eigenvalue weighted by atomic mass is 19.1. The third-order valence-corrected chi connectivity index (χ3v) is 3.44. The number of aromatic nitrogens is 1. The van der Waals surface area contributed by atoms with Crippen molar-refractivity contribution in [2.45, 2.75) is 6.42 Å². The van der Waals surface area contributed by atoms with Crippen LogP contribution >= 0.6 is 0 Å². The Hall–Kier alpha value is -1.88. The summed E-state index contributed by atoms with van der Waals surface area (Å²) in [5, 5.41) is 0.518. The van der Waals surface area contributed by atoms with E-state index >= 15 is 0 Å². The maximum Gasteiger partial charge on any atom is 0.227 e. The fraction of sp³-hybridized carbons (Fsp3) is 0.357. The summed E-state index contributed by atoms with van der Waals surface area (Å²) in [4.78, 5) is 16.9. The van der Waals surface area contributed by atoms with Crippen molar-refractivity contribution in [2.24, 2.45) is 0 Å². The second kappa shape index (κ2) is 5.01. The molecule has 0 spiro atoms. The molecule has 1 aliphatic rings. The number of carbonyl (C=O) groups is 1. The minimum Gasteiger partial charge on any atom is -0.378 e. The number of hydrogen-bond acceptors (Lipinski definition) is 2. The number of aromatic amines is 1. The van der Waals surface area contributed by atoms with Gasteiger partial charge in [-0.25, -0.2) is 4.39 Å². The van der Waals surface area contributed by atoms with Gasteiger partial charge in [0.2, 0.25) is 5.91 Å². The zero-order valence-electron chi connectivity index (χ0n) is 10.5. The Kier molecular flexibility index (Phi) is 3.21. The molecule has 0 bridgehead atoms. The molecule has 1 amide bonds. The van der Waals surface area contributed by atoms with Crippen molar-refractivity contribution in [2.75, 3.05) is 26.3 Å². The van der Waals surface area contributed by atoms with Gasteiger partial charge in [0.05, 0.1) is 19.6 Å². The third kappa shape index (κ3) is 2.33. The van der Waals surface area contributed by atoms with E-state index in [2.05, 4.69) is 4.98 Å². The third-order valence-electron chi connectivity index (χ3n) is 3.44.